The third kappa shape index (κ3) is 4.36. The first-order valence-electron chi connectivity index (χ1n) is 6.57. The van der Waals surface area contributed by atoms with Gasteiger partial charge in [-0.2, -0.15) is 0 Å². The van der Waals surface area contributed by atoms with Gasteiger partial charge in [-0.15, -0.1) is 0 Å². The fourth-order valence-electron chi connectivity index (χ4n) is 1.96. The number of nitrogens with two attached hydrogens (primary N) is 1. The number of halogens is 2. The van der Waals surface area contributed by atoms with Crippen LogP contribution in [0.2, 0.25) is 0 Å². The molecule has 0 radical (unpaired) electrons. The Labute approximate surface area is 121 Å². The van der Waals surface area contributed by atoms with E-state index in [1.807, 2.05) is 24.3 Å². The van der Waals surface area contributed by atoms with Crippen LogP contribution in [0.3, 0.4) is 0 Å². The van der Waals surface area contributed by atoms with Crippen molar-refractivity contribution in [2.45, 2.75) is 19.5 Å². The van der Waals surface area contributed by atoms with E-state index in [2.05, 4.69) is 5.32 Å². The second-order valence-electron chi connectivity index (χ2n) is 4.73. The Morgan fingerprint density at radius 2 is 1.76 bits per heavy atom. The second kappa shape index (κ2) is 6.95. The zero-order chi connectivity index (χ0) is 15.2. The molecule has 0 saturated heterocycles. The molecule has 5 heteroatoms. The van der Waals surface area contributed by atoms with Crippen LogP contribution in [-0.2, 0) is 24.3 Å². The monoisotopic (exact) mass is 290 g/mol. The zero-order valence-electron chi connectivity index (χ0n) is 11.4. The fraction of sp³-hybridized carbons (Fsp3) is 0.188. The standard InChI is InChI=1S/C16H16F2N2O/c17-14-5-4-11(7-15(14)18)8-16(21)20-10-13-3-1-2-12(6-13)9-19/h1-7H,8-10,19H2,(H,20,21). The number of benzene rings is 2. The van der Waals surface area contributed by atoms with Crippen LogP contribution >= 0.6 is 0 Å². The molecule has 0 heterocycles. The topological polar surface area (TPSA) is 55.1 Å². The van der Waals surface area contributed by atoms with Gasteiger partial charge in [0, 0.05) is 13.1 Å². The van der Waals surface area contributed by atoms with Crippen molar-refractivity contribution in [1.29, 1.82) is 0 Å². The Morgan fingerprint density at radius 1 is 1.00 bits per heavy atom. The largest absolute Gasteiger partial charge is 0.352 e. The van der Waals surface area contributed by atoms with Crippen LogP contribution in [0, 0.1) is 11.6 Å². The lowest BCUT2D eigenvalue weighted by molar-refractivity contribution is -0.120. The lowest BCUT2D eigenvalue weighted by Crippen LogP contribution is -2.24. The van der Waals surface area contributed by atoms with Crippen molar-refractivity contribution in [2.75, 3.05) is 0 Å². The highest BCUT2D eigenvalue weighted by Crippen LogP contribution is 2.09. The van der Waals surface area contributed by atoms with Crippen molar-refractivity contribution in [2.24, 2.45) is 5.73 Å². The van der Waals surface area contributed by atoms with Crippen LogP contribution in [-0.4, -0.2) is 5.91 Å². The molecule has 2 aromatic rings. The second-order valence-corrected chi connectivity index (χ2v) is 4.73. The summed E-state index contributed by atoms with van der Waals surface area (Å²) < 4.78 is 25.8. The maximum absolute atomic E-state index is 13.0. The number of amides is 1. The summed E-state index contributed by atoms with van der Waals surface area (Å²) in [4.78, 5) is 11.8. The number of carbonyl (C=O) groups is 1. The van der Waals surface area contributed by atoms with Gasteiger partial charge >= 0.3 is 0 Å². The molecule has 0 aliphatic rings. The highest BCUT2D eigenvalue weighted by atomic mass is 19.2. The number of carbonyl (C=O) groups excluding carboxylic acids is 1. The zero-order valence-corrected chi connectivity index (χ0v) is 11.4. The maximum atomic E-state index is 13.0. The Morgan fingerprint density at radius 3 is 2.48 bits per heavy atom. The summed E-state index contributed by atoms with van der Waals surface area (Å²) in [6, 6.07) is 11.0. The molecule has 0 aromatic heterocycles. The molecule has 0 unspecified atom stereocenters. The van der Waals surface area contributed by atoms with E-state index in [0.717, 1.165) is 23.3 Å². The van der Waals surface area contributed by atoms with E-state index in [4.69, 9.17) is 5.73 Å². The minimum atomic E-state index is -0.948. The number of nitrogens with one attached hydrogen (secondary N) is 1. The molecule has 3 nitrogen and oxygen atoms in total. The average molecular weight is 290 g/mol. The first-order valence-corrected chi connectivity index (χ1v) is 6.57. The average Bonchev–Trinajstić information content (AvgIpc) is 2.49. The molecule has 0 aliphatic heterocycles. The van der Waals surface area contributed by atoms with Gasteiger partial charge in [0.1, 0.15) is 0 Å². The van der Waals surface area contributed by atoms with Crippen molar-refractivity contribution < 1.29 is 13.6 Å². The van der Waals surface area contributed by atoms with Crippen molar-refractivity contribution in [1.82, 2.24) is 5.32 Å². The molecule has 2 rings (SSSR count). The Kier molecular flexibility index (Phi) is 5.00. The minimum absolute atomic E-state index is 0.00772. The van der Waals surface area contributed by atoms with Crippen LogP contribution in [0.25, 0.3) is 0 Å². The summed E-state index contributed by atoms with van der Waals surface area (Å²) in [6.07, 6.45) is 0.00772. The molecule has 0 bridgehead atoms. The predicted molar refractivity (Wildman–Crippen MR) is 76.2 cm³/mol. The smallest absolute Gasteiger partial charge is 0.224 e. The van der Waals surface area contributed by atoms with Gasteiger partial charge in [0.15, 0.2) is 11.6 Å². The van der Waals surface area contributed by atoms with E-state index >= 15 is 0 Å². The van der Waals surface area contributed by atoms with Crippen LogP contribution < -0.4 is 11.1 Å². The van der Waals surface area contributed by atoms with Crippen molar-refractivity contribution in [3.63, 3.8) is 0 Å². The van der Waals surface area contributed by atoms with Crippen molar-refractivity contribution in [3.8, 4) is 0 Å². The van der Waals surface area contributed by atoms with Crippen LogP contribution in [0.15, 0.2) is 42.5 Å². The van der Waals surface area contributed by atoms with Crippen LogP contribution in [0.1, 0.15) is 16.7 Å². The lowest BCUT2D eigenvalue weighted by atomic mass is 10.1. The van der Waals surface area contributed by atoms with Gasteiger partial charge < -0.3 is 11.1 Å². The lowest BCUT2D eigenvalue weighted by Gasteiger charge is -2.07. The minimum Gasteiger partial charge on any atom is -0.352 e. The van der Waals surface area contributed by atoms with E-state index in [1.54, 1.807) is 0 Å². The van der Waals surface area contributed by atoms with E-state index in [9.17, 15) is 13.6 Å². The van der Waals surface area contributed by atoms with E-state index in [1.165, 1.54) is 6.07 Å². The van der Waals surface area contributed by atoms with Gasteiger partial charge in [0.2, 0.25) is 5.91 Å². The molecule has 21 heavy (non-hydrogen) atoms. The highest BCUT2D eigenvalue weighted by Gasteiger charge is 2.07. The number of hydrogen-bond donors (Lipinski definition) is 2. The van der Waals surface area contributed by atoms with Crippen molar-refractivity contribution >= 4 is 5.91 Å². The summed E-state index contributed by atoms with van der Waals surface area (Å²) in [5, 5.41) is 2.74. The van der Waals surface area contributed by atoms with Gasteiger partial charge in [-0.1, -0.05) is 30.3 Å². The molecule has 3 N–H and O–H groups in total. The first-order chi connectivity index (χ1) is 10.1. The predicted octanol–water partition coefficient (Wildman–Crippen LogP) is 2.28. The molecule has 110 valence electrons. The molecule has 0 saturated carbocycles. The Hall–Kier alpha value is -2.27. The third-order valence-corrected chi connectivity index (χ3v) is 3.07. The molecule has 2 aromatic carbocycles. The highest BCUT2D eigenvalue weighted by molar-refractivity contribution is 5.78. The maximum Gasteiger partial charge on any atom is 0.224 e. The Balaban J connectivity index is 1.91. The first kappa shape index (κ1) is 15.1. The third-order valence-electron chi connectivity index (χ3n) is 3.07. The van der Waals surface area contributed by atoms with E-state index in [-0.39, 0.29) is 12.3 Å². The van der Waals surface area contributed by atoms with Gasteiger partial charge in [0.25, 0.3) is 0 Å². The molecule has 1 amide bonds. The van der Waals surface area contributed by atoms with Gasteiger partial charge in [-0.25, -0.2) is 8.78 Å². The number of hydrogen-bond acceptors (Lipinski definition) is 2. The summed E-state index contributed by atoms with van der Waals surface area (Å²) >= 11 is 0. The van der Waals surface area contributed by atoms with Gasteiger partial charge in [-0.05, 0) is 28.8 Å². The van der Waals surface area contributed by atoms with E-state index < -0.39 is 11.6 Å². The van der Waals surface area contributed by atoms with Crippen molar-refractivity contribution in [3.05, 3.63) is 70.8 Å². The molecule has 0 fully saturated rings. The number of rotatable bonds is 5. The molecule has 0 atom stereocenters. The normalized spacial score (nSPS) is 10.4. The summed E-state index contributed by atoms with van der Waals surface area (Å²) in [7, 11) is 0. The van der Waals surface area contributed by atoms with Crippen LogP contribution in [0.5, 0.6) is 0 Å². The summed E-state index contributed by atoms with van der Waals surface area (Å²) in [6.45, 7) is 0.812. The molecular formula is C16H16F2N2O. The molecule has 0 aliphatic carbocycles. The van der Waals surface area contributed by atoms with Crippen LogP contribution in [0.4, 0.5) is 8.78 Å². The molecular weight excluding hydrogens is 274 g/mol. The summed E-state index contributed by atoms with van der Waals surface area (Å²) in [5.74, 6) is -2.12. The molecule has 0 spiro atoms. The van der Waals surface area contributed by atoms with E-state index in [0.29, 0.717) is 18.7 Å². The van der Waals surface area contributed by atoms with Gasteiger partial charge in [-0.3, -0.25) is 4.79 Å². The Bertz CT molecular complexity index is 644. The quantitative estimate of drug-likeness (QED) is 0.887. The van der Waals surface area contributed by atoms with Gasteiger partial charge in [0.05, 0.1) is 6.42 Å². The summed E-state index contributed by atoms with van der Waals surface area (Å²) in [5.41, 5.74) is 7.91. The fourth-order valence-corrected chi connectivity index (χ4v) is 1.96. The SMILES string of the molecule is NCc1cccc(CNC(=O)Cc2ccc(F)c(F)c2)c1.